The Hall–Kier alpha value is -2.04. The molecule has 0 aliphatic carbocycles. The molecule has 0 radical (unpaired) electrons. The van der Waals surface area contributed by atoms with Crippen LogP contribution < -0.4 is 5.32 Å². The number of aliphatic hydroxyl groups is 1. The van der Waals surface area contributed by atoms with E-state index in [9.17, 15) is 9.90 Å². The summed E-state index contributed by atoms with van der Waals surface area (Å²) in [4.78, 5) is 11.9. The summed E-state index contributed by atoms with van der Waals surface area (Å²) in [6.07, 6.45) is -0.586. The molecule has 0 aliphatic rings. The molecule has 4 nitrogen and oxygen atoms in total. The third-order valence-electron chi connectivity index (χ3n) is 3.09. The van der Waals surface area contributed by atoms with Crippen molar-refractivity contribution in [1.82, 2.24) is 0 Å². The number of carbonyl (C=O) groups excluding carboxylic acids is 1. The fraction of sp³-hybridized carbons (Fsp3) is 0.235. The summed E-state index contributed by atoms with van der Waals surface area (Å²) in [6.45, 7) is 3.43. The van der Waals surface area contributed by atoms with E-state index in [2.05, 4.69) is 5.32 Å². The van der Waals surface area contributed by atoms with Crippen LogP contribution in [0, 0.1) is 0 Å². The Morgan fingerprint density at radius 1 is 1.23 bits per heavy atom. The van der Waals surface area contributed by atoms with E-state index in [1.54, 1.807) is 32.0 Å². The lowest BCUT2D eigenvalue weighted by Crippen LogP contribution is -2.21. The first-order valence-electron chi connectivity index (χ1n) is 6.86. The van der Waals surface area contributed by atoms with Crippen molar-refractivity contribution in [3.63, 3.8) is 0 Å². The maximum Gasteiger partial charge on any atom is 0.411 e. The first-order valence-corrected chi connectivity index (χ1v) is 7.24. The highest BCUT2D eigenvalue weighted by Gasteiger charge is 2.21. The molecular formula is C17H18ClNO3. The summed E-state index contributed by atoms with van der Waals surface area (Å²) in [5.41, 5.74) is 0.760. The quantitative estimate of drug-likeness (QED) is 0.882. The van der Waals surface area contributed by atoms with Crippen molar-refractivity contribution in [2.45, 2.75) is 26.1 Å². The van der Waals surface area contributed by atoms with Crippen LogP contribution in [0.15, 0.2) is 48.5 Å². The maximum absolute atomic E-state index is 11.9. The van der Waals surface area contributed by atoms with E-state index in [0.717, 1.165) is 5.56 Å². The molecule has 1 amide bonds. The van der Waals surface area contributed by atoms with Crippen LogP contribution in [-0.2, 0) is 16.9 Å². The number of anilines is 1. The Balaban J connectivity index is 2.06. The second kappa shape index (κ2) is 6.81. The van der Waals surface area contributed by atoms with E-state index in [-0.39, 0.29) is 6.61 Å². The van der Waals surface area contributed by atoms with Gasteiger partial charge < -0.3 is 9.84 Å². The van der Waals surface area contributed by atoms with Gasteiger partial charge in [0.05, 0.1) is 11.3 Å². The van der Waals surface area contributed by atoms with Gasteiger partial charge in [-0.2, -0.15) is 0 Å². The van der Waals surface area contributed by atoms with Gasteiger partial charge in [-0.05, 0) is 37.6 Å². The first kappa shape index (κ1) is 16.3. The van der Waals surface area contributed by atoms with E-state index in [1.165, 1.54) is 0 Å². The van der Waals surface area contributed by atoms with Gasteiger partial charge in [0.15, 0.2) is 0 Å². The molecule has 0 heterocycles. The van der Waals surface area contributed by atoms with Crippen LogP contribution >= 0.6 is 11.6 Å². The summed E-state index contributed by atoms with van der Waals surface area (Å²) in [5.74, 6) is 0. The lowest BCUT2D eigenvalue weighted by molar-refractivity contribution is 0.0793. The molecule has 0 saturated heterocycles. The molecule has 22 heavy (non-hydrogen) atoms. The molecule has 0 fully saturated rings. The summed E-state index contributed by atoms with van der Waals surface area (Å²) in [7, 11) is 0. The minimum absolute atomic E-state index is 0.179. The van der Waals surface area contributed by atoms with Crippen molar-refractivity contribution in [1.29, 1.82) is 0 Å². The summed E-state index contributed by atoms with van der Waals surface area (Å²) >= 11 is 5.95. The van der Waals surface area contributed by atoms with E-state index in [4.69, 9.17) is 16.3 Å². The first-order chi connectivity index (χ1) is 10.4. The van der Waals surface area contributed by atoms with Gasteiger partial charge >= 0.3 is 6.09 Å². The molecular weight excluding hydrogens is 302 g/mol. The van der Waals surface area contributed by atoms with Crippen molar-refractivity contribution in [3.05, 3.63) is 64.7 Å². The van der Waals surface area contributed by atoms with Gasteiger partial charge in [-0.25, -0.2) is 4.79 Å². The predicted octanol–water partition coefficient (Wildman–Crippen LogP) is 4.32. The predicted molar refractivity (Wildman–Crippen MR) is 86.9 cm³/mol. The average Bonchev–Trinajstić information content (AvgIpc) is 2.47. The van der Waals surface area contributed by atoms with Crippen molar-refractivity contribution in [3.8, 4) is 0 Å². The van der Waals surface area contributed by atoms with E-state index >= 15 is 0 Å². The lowest BCUT2D eigenvalue weighted by Gasteiger charge is -2.22. The van der Waals surface area contributed by atoms with Crippen LogP contribution in [0.3, 0.4) is 0 Å². The Labute approximate surface area is 134 Å². The molecule has 2 N–H and O–H groups in total. The zero-order valence-corrected chi connectivity index (χ0v) is 13.2. The Kier molecular flexibility index (Phi) is 5.06. The van der Waals surface area contributed by atoms with Crippen LogP contribution in [0.5, 0.6) is 0 Å². The zero-order chi connectivity index (χ0) is 16.2. The molecule has 116 valence electrons. The fourth-order valence-corrected chi connectivity index (χ4v) is 2.17. The van der Waals surface area contributed by atoms with Gasteiger partial charge in [0.25, 0.3) is 0 Å². The number of benzene rings is 2. The standard InChI is InChI=1S/C17H18ClNO3/c1-17(2,21)14-10-13(18)8-9-15(14)19-16(20)22-11-12-6-4-3-5-7-12/h3-10,21H,11H2,1-2H3,(H,19,20). The summed E-state index contributed by atoms with van der Waals surface area (Å²) < 4.78 is 5.17. The van der Waals surface area contributed by atoms with Gasteiger partial charge in [0, 0.05) is 10.6 Å². The molecule has 0 aliphatic heterocycles. The maximum atomic E-state index is 11.9. The fourth-order valence-electron chi connectivity index (χ4n) is 2.00. The Morgan fingerprint density at radius 3 is 2.55 bits per heavy atom. The van der Waals surface area contributed by atoms with Gasteiger partial charge in [-0.15, -0.1) is 0 Å². The van der Waals surface area contributed by atoms with Crippen LogP contribution in [-0.4, -0.2) is 11.2 Å². The minimum atomic E-state index is -1.13. The van der Waals surface area contributed by atoms with Crippen molar-refractivity contribution >= 4 is 23.4 Å². The molecule has 0 spiro atoms. The second-order valence-corrected chi connectivity index (χ2v) is 5.87. The smallest absolute Gasteiger partial charge is 0.411 e. The molecule has 0 bridgehead atoms. The molecule has 2 rings (SSSR count). The highest BCUT2D eigenvalue weighted by atomic mass is 35.5. The SMILES string of the molecule is CC(C)(O)c1cc(Cl)ccc1NC(=O)OCc1ccccc1. The molecule has 0 saturated carbocycles. The lowest BCUT2D eigenvalue weighted by atomic mass is 9.96. The molecule has 2 aromatic rings. The minimum Gasteiger partial charge on any atom is -0.444 e. The number of nitrogens with one attached hydrogen (secondary N) is 1. The number of carbonyl (C=O) groups is 1. The topological polar surface area (TPSA) is 58.6 Å². The number of hydrogen-bond donors (Lipinski definition) is 2. The molecule has 0 unspecified atom stereocenters. The number of halogens is 1. The molecule has 2 aromatic carbocycles. The summed E-state index contributed by atoms with van der Waals surface area (Å²) in [5, 5.41) is 13.3. The highest BCUT2D eigenvalue weighted by molar-refractivity contribution is 6.30. The largest absolute Gasteiger partial charge is 0.444 e. The van der Waals surface area contributed by atoms with E-state index in [1.807, 2.05) is 30.3 Å². The van der Waals surface area contributed by atoms with Crippen molar-refractivity contribution in [2.24, 2.45) is 0 Å². The highest BCUT2D eigenvalue weighted by Crippen LogP contribution is 2.30. The van der Waals surface area contributed by atoms with Crippen molar-refractivity contribution < 1.29 is 14.6 Å². The van der Waals surface area contributed by atoms with Crippen molar-refractivity contribution in [2.75, 3.05) is 5.32 Å². The Bertz CT molecular complexity index is 651. The number of ether oxygens (including phenoxy) is 1. The zero-order valence-electron chi connectivity index (χ0n) is 12.5. The third kappa shape index (κ3) is 4.48. The van der Waals surface area contributed by atoms with Gasteiger partial charge in [-0.1, -0.05) is 41.9 Å². The van der Waals surface area contributed by atoms with Crippen LogP contribution in [0.4, 0.5) is 10.5 Å². The third-order valence-corrected chi connectivity index (χ3v) is 3.33. The molecule has 5 heteroatoms. The van der Waals surface area contributed by atoms with Gasteiger partial charge in [0.1, 0.15) is 6.61 Å². The van der Waals surface area contributed by atoms with E-state index < -0.39 is 11.7 Å². The van der Waals surface area contributed by atoms with Crippen LogP contribution in [0.2, 0.25) is 5.02 Å². The normalized spacial score (nSPS) is 11.1. The summed E-state index contributed by atoms with van der Waals surface area (Å²) in [6, 6.07) is 14.3. The number of amides is 1. The number of rotatable bonds is 4. The van der Waals surface area contributed by atoms with Crippen LogP contribution in [0.1, 0.15) is 25.0 Å². The van der Waals surface area contributed by atoms with Gasteiger partial charge in [-0.3, -0.25) is 5.32 Å². The monoisotopic (exact) mass is 319 g/mol. The average molecular weight is 320 g/mol. The van der Waals surface area contributed by atoms with E-state index in [0.29, 0.717) is 16.3 Å². The Morgan fingerprint density at radius 2 is 1.91 bits per heavy atom. The van der Waals surface area contributed by atoms with Crippen LogP contribution in [0.25, 0.3) is 0 Å². The molecule has 0 atom stereocenters. The number of hydrogen-bond acceptors (Lipinski definition) is 3. The second-order valence-electron chi connectivity index (χ2n) is 5.44. The van der Waals surface area contributed by atoms with Gasteiger partial charge in [0.2, 0.25) is 0 Å². The molecule has 0 aromatic heterocycles.